The van der Waals surface area contributed by atoms with Crippen LogP contribution in [-0.4, -0.2) is 13.1 Å². The second kappa shape index (κ2) is 15.8. The van der Waals surface area contributed by atoms with E-state index in [1.54, 1.807) is 0 Å². The molecule has 0 aromatic heterocycles. The Labute approximate surface area is 82.6 Å². The minimum Gasteiger partial charge on any atom is -0.329 e. The fourth-order valence-electron chi connectivity index (χ4n) is 0. The zero-order valence-electron chi connectivity index (χ0n) is 4.57. The summed E-state index contributed by atoms with van der Waals surface area (Å²) in [6.07, 6.45) is 0. The number of hydrogen-bond donors (Lipinski definition) is 2. The van der Waals surface area contributed by atoms with E-state index in [2.05, 4.69) is 0 Å². The predicted octanol–water partition coefficient (Wildman–Crippen LogP) is -7.09. The summed E-state index contributed by atoms with van der Waals surface area (Å²) in [6, 6.07) is 0. The van der Waals surface area contributed by atoms with Gasteiger partial charge in [0.25, 0.3) is 0 Å². The first-order chi connectivity index (χ1) is 1.91. The molecule has 0 spiro atoms. The second-order valence-electron chi connectivity index (χ2n) is 0.577. The van der Waals surface area contributed by atoms with Crippen molar-refractivity contribution < 1.29 is 59.1 Å². The van der Waals surface area contributed by atoms with Crippen LogP contribution >= 0.6 is 0 Å². The van der Waals surface area contributed by atoms with Crippen LogP contribution in [0.4, 0.5) is 0 Å². The third kappa shape index (κ3) is 16.8. The molecule has 2 nitrogen and oxygen atoms in total. The average molecular weight is 106 g/mol. The van der Waals surface area contributed by atoms with Gasteiger partial charge in [0.05, 0.1) is 0 Å². The van der Waals surface area contributed by atoms with E-state index in [1.807, 2.05) is 0 Å². The molecule has 0 atom stereocenters. The van der Waals surface area contributed by atoms with Crippen LogP contribution in [0.25, 0.3) is 0 Å². The van der Waals surface area contributed by atoms with Gasteiger partial charge in [-0.3, -0.25) is 0 Å². The molecule has 0 fully saturated rings. The zero-order chi connectivity index (χ0) is 3.41. The van der Waals surface area contributed by atoms with Gasteiger partial charge in [0.2, 0.25) is 0 Å². The Kier molecular flexibility index (Phi) is 41.2. The Morgan fingerprint density at radius 1 is 0.833 bits per heavy atom. The van der Waals surface area contributed by atoms with E-state index in [0.717, 1.165) is 0 Å². The summed E-state index contributed by atoms with van der Waals surface area (Å²) in [5.41, 5.74) is 9.81. The van der Waals surface area contributed by atoms with E-state index in [0.29, 0.717) is 13.1 Å². The van der Waals surface area contributed by atoms with Crippen molar-refractivity contribution in [2.45, 2.75) is 0 Å². The first-order valence-corrected chi connectivity index (χ1v) is 1.32. The summed E-state index contributed by atoms with van der Waals surface area (Å²) < 4.78 is 0. The molecule has 0 aromatic carbocycles. The first-order valence-electron chi connectivity index (χ1n) is 1.32. The van der Waals surface area contributed by atoms with E-state index in [4.69, 9.17) is 11.5 Å². The summed E-state index contributed by atoms with van der Waals surface area (Å²) >= 11 is 0. The van der Waals surface area contributed by atoms with Crippen LogP contribution in [0.15, 0.2) is 0 Å². The van der Waals surface area contributed by atoms with Gasteiger partial charge < -0.3 is 11.5 Å². The van der Waals surface area contributed by atoms with Crippen molar-refractivity contribution in [1.82, 2.24) is 0 Å². The summed E-state index contributed by atoms with van der Waals surface area (Å²) in [4.78, 5) is 0. The van der Waals surface area contributed by atoms with Gasteiger partial charge >= 0.3 is 59.1 Å². The maximum Gasteiger partial charge on any atom is 1.00 e. The van der Waals surface area contributed by atoms with Gasteiger partial charge in [-0.25, -0.2) is 0 Å². The van der Waals surface area contributed by atoms with Gasteiger partial charge in [-0.2, -0.15) is 0 Å². The molecule has 0 saturated carbocycles. The predicted molar refractivity (Wildman–Crippen MR) is 18.1 cm³/mol. The normalized spacial score (nSPS) is 5.00. The van der Waals surface area contributed by atoms with Crippen LogP contribution in [-0.2, 0) is 0 Å². The number of nitrogens with two attached hydrogens (primary N) is 2. The molecule has 0 unspecified atom stereocenters. The third-order valence-electron chi connectivity index (χ3n) is 0.167. The Morgan fingerprint density at radius 2 is 1.00 bits per heavy atom. The second-order valence-corrected chi connectivity index (χ2v) is 0.577. The van der Waals surface area contributed by atoms with Gasteiger partial charge in [0.1, 0.15) is 0 Å². The molecule has 0 aliphatic carbocycles. The van der Waals surface area contributed by atoms with E-state index >= 15 is 0 Å². The standard InChI is InChI=1S/C2H8N2.2Na/c3-1-2-4;;/h1-4H2;;/q;2*+1. The molecule has 26 valence electrons. The molecule has 0 radical (unpaired) electrons. The Hall–Kier alpha value is 1.92. The van der Waals surface area contributed by atoms with Crippen LogP contribution in [0, 0.1) is 0 Å². The SMILES string of the molecule is NCCN.[Na+].[Na+]. The van der Waals surface area contributed by atoms with Crippen LogP contribution in [0.2, 0.25) is 0 Å². The van der Waals surface area contributed by atoms with E-state index in [-0.39, 0.29) is 59.1 Å². The number of hydrogen-bond acceptors (Lipinski definition) is 2. The molecular weight excluding hydrogens is 98.0 g/mol. The van der Waals surface area contributed by atoms with Gasteiger partial charge in [-0.05, 0) is 0 Å². The van der Waals surface area contributed by atoms with Crippen LogP contribution in [0.3, 0.4) is 0 Å². The molecule has 0 amide bonds. The van der Waals surface area contributed by atoms with Crippen molar-refractivity contribution in [3.05, 3.63) is 0 Å². The largest absolute Gasteiger partial charge is 1.00 e. The van der Waals surface area contributed by atoms with Gasteiger partial charge in [-0.1, -0.05) is 0 Å². The molecule has 0 heterocycles. The summed E-state index contributed by atoms with van der Waals surface area (Å²) in [7, 11) is 0. The van der Waals surface area contributed by atoms with Crippen molar-refractivity contribution in [3.63, 3.8) is 0 Å². The Morgan fingerprint density at radius 3 is 1.00 bits per heavy atom. The van der Waals surface area contributed by atoms with E-state index < -0.39 is 0 Å². The maximum atomic E-state index is 4.90. The fraction of sp³-hybridized carbons (Fsp3) is 1.00. The molecule has 0 bridgehead atoms. The Bertz CT molecular complexity index is 11.5. The molecule has 4 heteroatoms. The van der Waals surface area contributed by atoms with Gasteiger partial charge in [-0.15, -0.1) is 0 Å². The molecule has 0 aliphatic heterocycles. The molecule has 0 rings (SSSR count). The van der Waals surface area contributed by atoms with Crippen molar-refractivity contribution in [2.24, 2.45) is 11.5 Å². The van der Waals surface area contributed by atoms with Crippen LogP contribution in [0.5, 0.6) is 0 Å². The summed E-state index contributed by atoms with van der Waals surface area (Å²) in [6.45, 7) is 1.19. The number of rotatable bonds is 1. The quantitative estimate of drug-likeness (QED) is 0.326. The molecule has 0 aromatic rings. The Balaban J connectivity index is -0.0000000450. The van der Waals surface area contributed by atoms with Crippen molar-refractivity contribution >= 4 is 0 Å². The molecule has 4 N–H and O–H groups in total. The molecule has 6 heavy (non-hydrogen) atoms. The molecule has 0 saturated heterocycles. The molecular formula is C2H8N2Na2+2. The van der Waals surface area contributed by atoms with Gasteiger partial charge in [0.15, 0.2) is 0 Å². The first kappa shape index (κ1) is 15.7. The van der Waals surface area contributed by atoms with E-state index in [1.165, 1.54) is 0 Å². The third-order valence-corrected chi connectivity index (χ3v) is 0.167. The smallest absolute Gasteiger partial charge is 0.329 e. The maximum absolute atomic E-state index is 4.90. The molecule has 0 aliphatic rings. The summed E-state index contributed by atoms with van der Waals surface area (Å²) in [5, 5.41) is 0. The topological polar surface area (TPSA) is 52.0 Å². The fourth-order valence-corrected chi connectivity index (χ4v) is 0. The monoisotopic (exact) mass is 106 g/mol. The minimum atomic E-state index is 0. The van der Waals surface area contributed by atoms with Crippen molar-refractivity contribution in [3.8, 4) is 0 Å². The average Bonchev–Trinajstić information content (AvgIpc) is 1.37. The van der Waals surface area contributed by atoms with Crippen LogP contribution < -0.4 is 70.6 Å². The summed E-state index contributed by atoms with van der Waals surface area (Å²) in [5.74, 6) is 0. The zero-order valence-corrected chi connectivity index (χ0v) is 8.57. The minimum absolute atomic E-state index is 0. The van der Waals surface area contributed by atoms with Crippen molar-refractivity contribution in [1.29, 1.82) is 0 Å². The van der Waals surface area contributed by atoms with Crippen molar-refractivity contribution in [2.75, 3.05) is 13.1 Å². The van der Waals surface area contributed by atoms with Crippen LogP contribution in [0.1, 0.15) is 0 Å². The van der Waals surface area contributed by atoms with Gasteiger partial charge in [0, 0.05) is 13.1 Å². The van der Waals surface area contributed by atoms with E-state index in [9.17, 15) is 0 Å².